The molecule has 0 atom stereocenters. The Morgan fingerprint density at radius 2 is 1.29 bits per heavy atom. The van der Waals surface area contributed by atoms with Gasteiger partial charge in [0.15, 0.2) is 5.78 Å². The number of halogens is 3. The molecule has 0 fully saturated rings. The van der Waals surface area contributed by atoms with E-state index in [0.29, 0.717) is 19.5 Å². The highest BCUT2D eigenvalue weighted by Crippen LogP contribution is 2.13. The number of rotatable bonds is 12. The van der Waals surface area contributed by atoms with Crippen molar-refractivity contribution >= 4 is 23.6 Å². The van der Waals surface area contributed by atoms with Gasteiger partial charge in [-0.25, -0.2) is 4.79 Å². The van der Waals surface area contributed by atoms with E-state index < -0.39 is 12.1 Å². The largest absolute Gasteiger partial charge is 0.490 e. The predicted molar refractivity (Wildman–Crippen MR) is 93.9 cm³/mol. The van der Waals surface area contributed by atoms with E-state index in [0.717, 1.165) is 32.1 Å². The van der Waals surface area contributed by atoms with Crippen LogP contribution in [-0.2, 0) is 19.2 Å². The second-order valence-electron chi connectivity index (χ2n) is 6.33. The molecule has 1 aliphatic rings. The lowest BCUT2D eigenvalue weighted by Crippen LogP contribution is -2.54. The van der Waals surface area contributed by atoms with Gasteiger partial charge in [-0.3, -0.25) is 19.3 Å². The van der Waals surface area contributed by atoms with E-state index in [2.05, 4.69) is 5.73 Å². The lowest BCUT2D eigenvalue weighted by Gasteiger charge is -2.12. The number of carbonyl (C=O) groups is 4. The number of hydrogen-bond acceptors (Lipinski definition) is 4. The number of carboxylic acids is 1. The van der Waals surface area contributed by atoms with Crippen LogP contribution in [0, 0.1) is 0 Å². The van der Waals surface area contributed by atoms with Crippen molar-refractivity contribution in [2.75, 3.05) is 13.1 Å². The fourth-order valence-corrected chi connectivity index (χ4v) is 2.43. The summed E-state index contributed by atoms with van der Waals surface area (Å²) in [5.41, 5.74) is 3.58. The SMILES string of the molecule is O=C(O)C(F)(F)F.[NH3+]CC(=O)CCCCCCCCCCN1C(=O)C=CC1=O. The lowest BCUT2D eigenvalue weighted by molar-refractivity contribution is -0.354. The average molecular weight is 409 g/mol. The Balaban J connectivity index is 0.000000887. The number of carboxylic acid groups (broad SMARTS) is 1. The van der Waals surface area contributed by atoms with Gasteiger partial charge >= 0.3 is 12.1 Å². The van der Waals surface area contributed by atoms with Crippen LogP contribution in [0.5, 0.6) is 0 Å². The molecule has 7 nitrogen and oxygen atoms in total. The molecule has 0 aromatic heterocycles. The molecule has 0 unspecified atom stereocenters. The van der Waals surface area contributed by atoms with Crippen LogP contribution in [0.25, 0.3) is 0 Å². The average Bonchev–Trinajstić information content (AvgIpc) is 2.94. The highest BCUT2D eigenvalue weighted by Gasteiger charge is 2.38. The summed E-state index contributed by atoms with van der Waals surface area (Å²) < 4.78 is 31.7. The number of quaternary nitrogens is 1. The molecule has 1 heterocycles. The van der Waals surface area contributed by atoms with Gasteiger partial charge in [0.05, 0.1) is 0 Å². The van der Waals surface area contributed by atoms with Crippen molar-refractivity contribution in [3.63, 3.8) is 0 Å². The number of nitrogens with zero attached hydrogens (tertiary/aromatic N) is 1. The topological polar surface area (TPSA) is 119 Å². The van der Waals surface area contributed by atoms with Gasteiger partial charge in [-0.2, -0.15) is 13.2 Å². The maximum atomic E-state index is 11.3. The first-order valence-corrected chi connectivity index (χ1v) is 9.24. The third kappa shape index (κ3) is 12.2. The molecule has 4 N–H and O–H groups in total. The minimum atomic E-state index is -5.08. The first-order chi connectivity index (χ1) is 13.1. The number of unbranched alkanes of at least 4 members (excludes halogenated alkanes) is 7. The summed E-state index contributed by atoms with van der Waals surface area (Å²) in [6.45, 7) is 0.954. The molecule has 0 bridgehead atoms. The van der Waals surface area contributed by atoms with E-state index in [9.17, 15) is 27.6 Å². The van der Waals surface area contributed by atoms with Crippen molar-refractivity contribution < 1.29 is 43.2 Å². The van der Waals surface area contributed by atoms with Gasteiger partial charge in [-0.05, 0) is 12.8 Å². The molecule has 28 heavy (non-hydrogen) atoms. The van der Waals surface area contributed by atoms with Gasteiger partial charge in [-0.1, -0.05) is 38.5 Å². The Bertz CT molecular complexity index is 544. The van der Waals surface area contributed by atoms with Crippen molar-refractivity contribution in [2.45, 2.75) is 64.0 Å². The minimum absolute atomic E-state index is 0.183. The highest BCUT2D eigenvalue weighted by atomic mass is 19.4. The van der Waals surface area contributed by atoms with Gasteiger partial charge in [0, 0.05) is 25.1 Å². The first-order valence-electron chi connectivity index (χ1n) is 9.24. The molecule has 0 saturated heterocycles. The third-order valence-corrected chi connectivity index (χ3v) is 4.01. The van der Waals surface area contributed by atoms with Gasteiger partial charge in [0.2, 0.25) is 0 Å². The number of Topliss-reactive ketones (excluding diaryl/α,β-unsaturated/α-hetero) is 1. The van der Waals surface area contributed by atoms with Crippen LogP contribution in [0.3, 0.4) is 0 Å². The summed E-state index contributed by atoms with van der Waals surface area (Å²) >= 11 is 0. The van der Waals surface area contributed by atoms with E-state index in [1.807, 2.05) is 0 Å². The molecular weight excluding hydrogens is 381 g/mol. The van der Waals surface area contributed by atoms with Crippen LogP contribution in [0.15, 0.2) is 12.2 Å². The second kappa shape index (κ2) is 13.9. The Labute approximate surface area is 161 Å². The summed E-state index contributed by atoms with van der Waals surface area (Å²) in [6, 6.07) is 0. The van der Waals surface area contributed by atoms with Gasteiger partial charge in [-0.15, -0.1) is 0 Å². The molecule has 0 aliphatic carbocycles. The standard InChI is InChI=1S/C16H26N2O3.C2HF3O2/c17-13-14(19)9-7-5-3-1-2-4-6-8-12-18-15(20)10-11-16(18)21;3-2(4,5)1(6)7/h10-11H,1-9,12-13,17H2;(H,6,7)/p+1. The lowest BCUT2D eigenvalue weighted by atomic mass is 10.1. The predicted octanol–water partition coefficient (Wildman–Crippen LogP) is 1.87. The minimum Gasteiger partial charge on any atom is -0.475 e. The summed E-state index contributed by atoms with van der Waals surface area (Å²) in [4.78, 5) is 43.9. The Kier molecular flexibility index (Phi) is 12.8. The summed E-state index contributed by atoms with van der Waals surface area (Å²) in [5.74, 6) is -2.86. The Morgan fingerprint density at radius 3 is 1.68 bits per heavy atom. The van der Waals surface area contributed by atoms with Gasteiger partial charge in [0.25, 0.3) is 11.8 Å². The van der Waals surface area contributed by atoms with E-state index in [1.165, 1.54) is 36.3 Å². The third-order valence-electron chi connectivity index (χ3n) is 4.01. The van der Waals surface area contributed by atoms with Crippen molar-refractivity contribution in [2.24, 2.45) is 0 Å². The summed E-state index contributed by atoms with van der Waals surface area (Å²) in [6.07, 6.45) is 7.01. The zero-order valence-corrected chi connectivity index (χ0v) is 15.8. The molecule has 0 radical (unpaired) electrons. The Hall–Kier alpha value is -2.23. The molecule has 0 aromatic rings. The molecule has 2 amide bonds. The van der Waals surface area contributed by atoms with Gasteiger partial charge < -0.3 is 10.8 Å². The van der Waals surface area contributed by atoms with Crippen molar-refractivity contribution in [3.05, 3.63) is 12.2 Å². The molecule has 1 rings (SSSR count). The second-order valence-corrected chi connectivity index (χ2v) is 6.33. The number of carbonyl (C=O) groups excluding carboxylic acids is 3. The molecule has 0 saturated carbocycles. The van der Waals surface area contributed by atoms with Crippen LogP contribution in [0.4, 0.5) is 13.2 Å². The van der Waals surface area contributed by atoms with Crippen LogP contribution in [-0.4, -0.2) is 52.8 Å². The normalized spacial score (nSPS) is 13.5. The quantitative estimate of drug-likeness (QED) is 0.377. The number of imide groups is 1. The van der Waals surface area contributed by atoms with Gasteiger partial charge in [0.1, 0.15) is 6.54 Å². The zero-order valence-electron chi connectivity index (χ0n) is 15.8. The van der Waals surface area contributed by atoms with Crippen LogP contribution in [0.2, 0.25) is 0 Å². The number of aliphatic carboxylic acids is 1. The summed E-state index contributed by atoms with van der Waals surface area (Å²) in [7, 11) is 0. The molecule has 1 aliphatic heterocycles. The van der Waals surface area contributed by atoms with E-state index in [-0.39, 0.29) is 17.6 Å². The van der Waals surface area contributed by atoms with E-state index >= 15 is 0 Å². The van der Waals surface area contributed by atoms with Crippen molar-refractivity contribution in [3.8, 4) is 0 Å². The number of ketones is 1. The molecule has 160 valence electrons. The summed E-state index contributed by atoms with van der Waals surface area (Å²) in [5, 5.41) is 7.12. The Morgan fingerprint density at radius 1 is 0.893 bits per heavy atom. The van der Waals surface area contributed by atoms with Crippen LogP contribution < -0.4 is 5.73 Å². The maximum Gasteiger partial charge on any atom is 0.490 e. The maximum absolute atomic E-state index is 11.3. The van der Waals surface area contributed by atoms with Crippen molar-refractivity contribution in [1.82, 2.24) is 4.90 Å². The number of amides is 2. The number of hydrogen-bond donors (Lipinski definition) is 2. The highest BCUT2D eigenvalue weighted by molar-refractivity contribution is 6.12. The molecular formula is C18H28F3N2O5+. The monoisotopic (exact) mass is 409 g/mol. The molecule has 10 heteroatoms. The van der Waals surface area contributed by atoms with Crippen LogP contribution >= 0.6 is 0 Å². The fraction of sp³-hybridized carbons (Fsp3) is 0.667. The van der Waals surface area contributed by atoms with E-state index in [4.69, 9.17) is 9.90 Å². The smallest absolute Gasteiger partial charge is 0.475 e. The molecule has 0 aromatic carbocycles. The van der Waals surface area contributed by atoms with Crippen molar-refractivity contribution in [1.29, 1.82) is 0 Å². The number of alkyl halides is 3. The van der Waals surface area contributed by atoms with E-state index in [1.54, 1.807) is 0 Å². The first kappa shape index (κ1) is 25.8. The van der Waals surface area contributed by atoms with Crippen LogP contribution in [0.1, 0.15) is 57.8 Å². The molecule has 0 spiro atoms. The fourth-order valence-electron chi connectivity index (χ4n) is 2.43. The zero-order chi connectivity index (χ0) is 21.6.